The molecular weight excluding hydrogens is 162 g/mol. The Morgan fingerprint density at radius 2 is 2.45 bits per heavy atom. The van der Waals surface area contributed by atoms with Crippen LogP contribution in [0.4, 0.5) is 0 Å². The van der Waals surface area contributed by atoms with Crippen molar-refractivity contribution in [2.24, 2.45) is 5.73 Å². The van der Waals surface area contributed by atoms with E-state index in [1.807, 2.05) is 0 Å². The van der Waals surface area contributed by atoms with Crippen LogP contribution in [0.3, 0.4) is 0 Å². The zero-order valence-electron chi connectivity index (χ0n) is 6.07. The Balaban J connectivity index is 2.88. The summed E-state index contributed by atoms with van der Waals surface area (Å²) >= 11 is 4.77. The minimum atomic E-state index is -0.160. The molecule has 1 amide bonds. The summed E-state index contributed by atoms with van der Waals surface area (Å²) < 4.78 is 0. The third kappa shape index (κ3) is 1.38. The molecule has 0 atom stereocenters. The molecule has 0 aromatic heterocycles. The predicted molar refractivity (Wildman–Crippen MR) is 44.4 cm³/mol. The second kappa shape index (κ2) is 2.98. The van der Waals surface area contributed by atoms with E-state index in [0.717, 1.165) is 0 Å². The monoisotopic (exact) mass is 170 g/mol. The average molecular weight is 170 g/mol. The van der Waals surface area contributed by atoms with Crippen LogP contribution in [0.1, 0.15) is 6.92 Å². The van der Waals surface area contributed by atoms with Gasteiger partial charge in [-0.25, -0.2) is 5.32 Å². The van der Waals surface area contributed by atoms with Gasteiger partial charge in [0, 0.05) is 11.8 Å². The third-order valence-corrected chi connectivity index (χ3v) is 1.69. The Morgan fingerprint density at radius 1 is 1.82 bits per heavy atom. The molecule has 0 unspecified atom stereocenters. The number of rotatable bonds is 1. The molecule has 1 rings (SSSR count). The van der Waals surface area contributed by atoms with Crippen molar-refractivity contribution in [2.45, 2.75) is 6.92 Å². The number of amides is 1. The molecule has 1 aliphatic heterocycles. The van der Waals surface area contributed by atoms with Gasteiger partial charge in [-0.1, -0.05) is 0 Å². The number of carbonyl (C=O) groups is 1. The van der Waals surface area contributed by atoms with Gasteiger partial charge < -0.3 is 5.73 Å². The molecule has 0 saturated carbocycles. The molecular formula is C6H8N3OS. The van der Waals surface area contributed by atoms with Crippen LogP contribution < -0.4 is 11.1 Å². The molecule has 5 heteroatoms. The van der Waals surface area contributed by atoms with E-state index in [0.29, 0.717) is 5.57 Å². The molecule has 1 aliphatic rings. The van der Waals surface area contributed by atoms with Crippen LogP contribution in [0.25, 0.3) is 0 Å². The third-order valence-electron chi connectivity index (χ3n) is 1.36. The number of nitrogens with two attached hydrogens (primary N) is 1. The van der Waals surface area contributed by atoms with Crippen molar-refractivity contribution in [1.82, 2.24) is 10.2 Å². The first-order chi connectivity index (χ1) is 5.16. The standard InChI is InChI=1S/C6H8N3OS/c1-4-2-8-6(11)9(3-7)5(4)10/h2H,3,7H2,1H3. The average Bonchev–Trinajstić information content (AvgIpc) is 1.99. The fourth-order valence-corrected chi connectivity index (χ4v) is 0.948. The summed E-state index contributed by atoms with van der Waals surface area (Å²) in [5.41, 5.74) is 5.84. The molecule has 0 aliphatic carbocycles. The van der Waals surface area contributed by atoms with Crippen molar-refractivity contribution in [2.75, 3.05) is 6.67 Å². The highest BCUT2D eigenvalue weighted by Crippen LogP contribution is 2.05. The lowest BCUT2D eigenvalue weighted by molar-refractivity contribution is -0.123. The van der Waals surface area contributed by atoms with Crippen molar-refractivity contribution in [3.05, 3.63) is 11.8 Å². The van der Waals surface area contributed by atoms with Crippen LogP contribution >= 0.6 is 12.2 Å². The fraction of sp³-hybridized carbons (Fsp3) is 0.333. The second-order valence-electron chi connectivity index (χ2n) is 2.14. The Hall–Kier alpha value is -0.940. The van der Waals surface area contributed by atoms with Gasteiger partial charge in [0.1, 0.15) is 0 Å². The lowest BCUT2D eigenvalue weighted by Crippen LogP contribution is -2.46. The van der Waals surface area contributed by atoms with E-state index < -0.39 is 0 Å². The maximum Gasteiger partial charge on any atom is 0.258 e. The predicted octanol–water partition coefficient (Wildman–Crippen LogP) is -0.462. The largest absolute Gasteiger partial charge is 0.313 e. The van der Waals surface area contributed by atoms with E-state index in [9.17, 15) is 4.79 Å². The van der Waals surface area contributed by atoms with Crippen molar-refractivity contribution >= 4 is 23.2 Å². The van der Waals surface area contributed by atoms with E-state index in [-0.39, 0.29) is 17.7 Å². The molecule has 0 aromatic rings. The Morgan fingerprint density at radius 3 is 2.91 bits per heavy atom. The van der Waals surface area contributed by atoms with Gasteiger partial charge >= 0.3 is 0 Å². The van der Waals surface area contributed by atoms with Gasteiger partial charge in [-0.15, -0.1) is 0 Å². The molecule has 0 spiro atoms. The fourth-order valence-electron chi connectivity index (χ4n) is 0.738. The first-order valence-electron chi connectivity index (χ1n) is 3.10. The zero-order chi connectivity index (χ0) is 8.43. The number of hydrogen-bond acceptors (Lipinski definition) is 3. The molecule has 0 bridgehead atoms. The Bertz CT molecular complexity index is 236. The molecule has 1 radical (unpaired) electrons. The summed E-state index contributed by atoms with van der Waals surface area (Å²) in [6.07, 6.45) is 1.46. The van der Waals surface area contributed by atoms with Gasteiger partial charge in [-0.3, -0.25) is 9.69 Å². The lowest BCUT2D eigenvalue weighted by atomic mass is 10.2. The molecule has 59 valence electrons. The summed E-state index contributed by atoms with van der Waals surface area (Å²) in [6.45, 7) is 1.77. The van der Waals surface area contributed by atoms with E-state index in [4.69, 9.17) is 18.0 Å². The molecule has 0 aromatic carbocycles. The highest BCUT2D eigenvalue weighted by Gasteiger charge is 2.22. The Kier molecular flexibility index (Phi) is 2.21. The minimum Gasteiger partial charge on any atom is -0.313 e. The van der Waals surface area contributed by atoms with Crippen LogP contribution in [0.15, 0.2) is 11.8 Å². The summed E-state index contributed by atoms with van der Waals surface area (Å²) in [5, 5.41) is 4.05. The van der Waals surface area contributed by atoms with Crippen molar-refractivity contribution in [1.29, 1.82) is 0 Å². The SMILES string of the molecule is CC1=C[N]C(=S)N(CN)C1=O. The zero-order valence-corrected chi connectivity index (χ0v) is 6.89. The van der Waals surface area contributed by atoms with Crippen LogP contribution in [-0.4, -0.2) is 22.6 Å². The first-order valence-corrected chi connectivity index (χ1v) is 3.51. The number of hydrogen-bond donors (Lipinski definition) is 1. The first kappa shape index (κ1) is 8.16. The van der Waals surface area contributed by atoms with Gasteiger partial charge in [0.05, 0.1) is 6.67 Å². The van der Waals surface area contributed by atoms with E-state index in [2.05, 4.69) is 5.32 Å². The molecule has 0 fully saturated rings. The summed E-state index contributed by atoms with van der Waals surface area (Å²) in [5.74, 6) is -0.160. The highest BCUT2D eigenvalue weighted by atomic mass is 32.1. The molecule has 1 heterocycles. The van der Waals surface area contributed by atoms with Gasteiger partial charge in [0.15, 0.2) is 0 Å². The van der Waals surface area contributed by atoms with Crippen LogP contribution in [0, 0.1) is 0 Å². The van der Waals surface area contributed by atoms with E-state index in [1.165, 1.54) is 11.1 Å². The molecule has 0 saturated heterocycles. The summed E-state index contributed by atoms with van der Waals surface area (Å²) in [7, 11) is 0. The highest BCUT2D eigenvalue weighted by molar-refractivity contribution is 7.80. The summed E-state index contributed by atoms with van der Waals surface area (Å²) in [4.78, 5) is 12.5. The molecule has 2 N–H and O–H groups in total. The normalized spacial score (nSPS) is 18.0. The molecule has 11 heavy (non-hydrogen) atoms. The second-order valence-corrected chi connectivity index (χ2v) is 2.50. The smallest absolute Gasteiger partial charge is 0.258 e. The van der Waals surface area contributed by atoms with Gasteiger partial charge in [0.2, 0.25) is 5.11 Å². The van der Waals surface area contributed by atoms with Crippen LogP contribution in [0.2, 0.25) is 0 Å². The quantitative estimate of drug-likeness (QED) is 0.542. The van der Waals surface area contributed by atoms with Crippen molar-refractivity contribution in [3.63, 3.8) is 0 Å². The van der Waals surface area contributed by atoms with Gasteiger partial charge in [0.25, 0.3) is 5.91 Å². The maximum atomic E-state index is 11.2. The number of carbonyl (C=O) groups excluding carboxylic acids is 1. The van der Waals surface area contributed by atoms with Gasteiger partial charge in [-0.05, 0) is 19.1 Å². The van der Waals surface area contributed by atoms with Crippen molar-refractivity contribution < 1.29 is 4.79 Å². The van der Waals surface area contributed by atoms with Crippen LogP contribution in [0.5, 0.6) is 0 Å². The number of thiocarbonyl (C=S) groups is 1. The summed E-state index contributed by atoms with van der Waals surface area (Å²) in [6, 6.07) is 0. The van der Waals surface area contributed by atoms with E-state index in [1.54, 1.807) is 6.92 Å². The number of nitrogens with zero attached hydrogens (tertiary/aromatic N) is 2. The van der Waals surface area contributed by atoms with Crippen LogP contribution in [-0.2, 0) is 4.79 Å². The topological polar surface area (TPSA) is 60.4 Å². The Labute approximate surface area is 70.0 Å². The van der Waals surface area contributed by atoms with E-state index >= 15 is 0 Å². The van der Waals surface area contributed by atoms with Gasteiger partial charge in [-0.2, -0.15) is 0 Å². The minimum absolute atomic E-state index is 0.0896. The van der Waals surface area contributed by atoms with Crippen molar-refractivity contribution in [3.8, 4) is 0 Å². The molecule has 4 nitrogen and oxygen atoms in total. The maximum absolute atomic E-state index is 11.2. The lowest BCUT2D eigenvalue weighted by Gasteiger charge is -2.23.